The topological polar surface area (TPSA) is 50.3 Å². The van der Waals surface area contributed by atoms with Crippen molar-refractivity contribution < 1.29 is 4.74 Å². The first-order chi connectivity index (χ1) is 12.8. The highest BCUT2D eigenvalue weighted by Crippen LogP contribution is 2.27. The van der Waals surface area contributed by atoms with Crippen LogP contribution in [0.1, 0.15) is 11.3 Å². The largest absolute Gasteiger partial charge is 0.383 e. The molecule has 26 heavy (non-hydrogen) atoms. The van der Waals surface area contributed by atoms with Gasteiger partial charge in [0.1, 0.15) is 5.82 Å². The molecule has 3 rings (SSSR count). The molecule has 0 saturated heterocycles. The van der Waals surface area contributed by atoms with Gasteiger partial charge in [-0.2, -0.15) is 4.98 Å². The van der Waals surface area contributed by atoms with E-state index in [-0.39, 0.29) is 0 Å². The van der Waals surface area contributed by atoms with Gasteiger partial charge in [-0.1, -0.05) is 48.5 Å². The van der Waals surface area contributed by atoms with Crippen LogP contribution in [-0.2, 0) is 11.3 Å². The highest BCUT2D eigenvalue weighted by molar-refractivity contribution is 5.61. The monoisotopic (exact) mass is 348 g/mol. The van der Waals surface area contributed by atoms with Gasteiger partial charge in [-0.15, -0.1) is 0 Å². The number of benzene rings is 2. The molecule has 0 bridgehead atoms. The van der Waals surface area contributed by atoms with E-state index in [9.17, 15) is 0 Å². The van der Waals surface area contributed by atoms with E-state index in [1.807, 2.05) is 37.3 Å². The molecule has 0 aliphatic carbocycles. The number of para-hydroxylation sites is 1. The molecular weight excluding hydrogens is 324 g/mol. The molecule has 0 atom stereocenters. The Labute approximate surface area is 154 Å². The van der Waals surface area contributed by atoms with Gasteiger partial charge in [0.25, 0.3) is 0 Å². The molecular formula is C21H24N4O. The third-order valence-electron chi connectivity index (χ3n) is 3.96. The maximum absolute atomic E-state index is 5.09. The van der Waals surface area contributed by atoms with Crippen molar-refractivity contribution in [3.05, 3.63) is 78.0 Å². The van der Waals surface area contributed by atoms with Gasteiger partial charge in [-0.05, 0) is 24.6 Å². The number of nitrogens with zero attached hydrogens (tertiary/aromatic N) is 3. The van der Waals surface area contributed by atoms with Crippen molar-refractivity contribution in [2.75, 3.05) is 30.5 Å². The summed E-state index contributed by atoms with van der Waals surface area (Å²) in [4.78, 5) is 11.4. The first-order valence-corrected chi connectivity index (χ1v) is 8.71. The number of aromatic nitrogens is 2. The molecule has 0 radical (unpaired) electrons. The lowest BCUT2D eigenvalue weighted by Gasteiger charge is -2.25. The van der Waals surface area contributed by atoms with E-state index in [2.05, 4.69) is 51.6 Å². The molecule has 0 fully saturated rings. The number of rotatable bonds is 8. The summed E-state index contributed by atoms with van der Waals surface area (Å²) in [5.41, 5.74) is 3.24. The number of methoxy groups -OCH3 is 1. The minimum Gasteiger partial charge on any atom is -0.383 e. The Morgan fingerprint density at radius 1 is 0.962 bits per heavy atom. The smallest absolute Gasteiger partial charge is 0.224 e. The zero-order valence-electron chi connectivity index (χ0n) is 15.2. The summed E-state index contributed by atoms with van der Waals surface area (Å²) >= 11 is 0. The number of ether oxygens (including phenoxy) is 1. The molecule has 1 N–H and O–H groups in total. The molecule has 1 aromatic heterocycles. The van der Waals surface area contributed by atoms with E-state index in [4.69, 9.17) is 9.72 Å². The molecule has 5 nitrogen and oxygen atoms in total. The van der Waals surface area contributed by atoms with Crippen LogP contribution in [0.3, 0.4) is 0 Å². The van der Waals surface area contributed by atoms with Crippen LogP contribution >= 0.6 is 0 Å². The van der Waals surface area contributed by atoms with Gasteiger partial charge in [0.2, 0.25) is 5.95 Å². The third kappa shape index (κ3) is 4.80. The molecule has 0 saturated carbocycles. The van der Waals surface area contributed by atoms with Crippen molar-refractivity contribution in [2.24, 2.45) is 0 Å². The van der Waals surface area contributed by atoms with Crippen LogP contribution < -0.4 is 10.2 Å². The average Bonchev–Trinajstić information content (AvgIpc) is 2.67. The summed E-state index contributed by atoms with van der Waals surface area (Å²) in [6, 6.07) is 22.7. The van der Waals surface area contributed by atoms with Gasteiger partial charge in [0, 0.05) is 37.6 Å². The van der Waals surface area contributed by atoms with Gasteiger partial charge < -0.3 is 15.0 Å². The second-order valence-electron chi connectivity index (χ2n) is 6.02. The summed E-state index contributed by atoms with van der Waals surface area (Å²) in [6.45, 7) is 4.00. The Morgan fingerprint density at radius 2 is 1.65 bits per heavy atom. The van der Waals surface area contributed by atoms with Crippen LogP contribution in [0.25, 0.3) is 0 Å². The highest BCUT2D eigenvalue weighted by Gasteiger charge is 2.13. The van der Waals surface area contributed by atoms with E-state index in [0.29, 0.717) is 19.1 Å². The van der Waals surface area contributed by atoms with Gasteiger partial charge in [0.15, 0.2) is 0 Å². The maximum atomic E-state index is 5.09. The van der Waals surface area contributed by atoms with Crippen LogP contribution in [-0.4, -0.2) is 30.2 Å². The molecule has 0 aliphatic heterocycles. The molecule has 3 aromatic rings. The lowest BCUT2D eigenvalue weighted by atomic mass is 10.2. The molecule has 5 heteroatoms. The molecule has 2 aromatic carbocycles. The summed E-state index contributed by atoms with van der Waals surface area (Å²) in [5, 5.41) is 3.22. The Bertz CT molecular complexity index is 809. The summed E-state index contributed by atoms with van der Waals surface area (Å²) in [7, 11) is 1.68. The van der Waals surface area contributed by atoms with E-state index in [0.717, 1.165) is 23.7 Å². The Morgan fingerprint density at radius 3 is 2.35 bits per heavy atom. The Kier molecular flexibility index (Phi) is 6.17. The van der Waals surface area contributed by atoms with Crippen molar-refractivity contribution in [1.82, 2.24) is 9.97 Å². The van der Waals surface area contributed by atoms with E-state index < -0.39 is 0 Å². The third-order valence-corrected chi connectivity index (χ3v) is 3.96. The molecule has 0 spiro atoms. The first-order valence-electron chi connectivity index (χ1n) is 8.71. The Hall–Kier alpha value is -2.92. The Balaban J connectivity index is 1.93. The number of nitrogens with one attached hydrogen (secondary N) is 1. The first kappa shape index (κ1) is 17.9. The quantitative estimate of drug-likeness (QED) is 0.619. The van der Waals surface area contributed by atoms with Gasteiger partial charge in [-0.25, -0.2) is 4.98 Å². The van der Waals surface area contributed by atoms with E-state index in [1.165, 1.54) is 5.56 Å². The van der Waals surface area contributed by atoms with Crippen LogP contribution in [0.15, 0.2) is 66.7 Å². The van der Waals surface area contributed by atoms with Crippen LogP contribution in [0.4, 0.5) is 17.5 Å². The lowest BCUT2D eigenvalue weighted by Crippen LogP contribution is -2.19. The van der Waals surface area contributed by atoms with Crippen molar-refractivity contribution in [1.29, 1.82) is 0 Å². The zero-order chi connectivity index (χ0) is 18.2. The normalized spacial score (nSPS) is 10.5. The van der Waals surface area contributed by atoms with Gasteiger partial charge >= 0.3 is 0 Å². The maximum Gasteiger partial charge on any atom is 0.224 e. The fourth-order valence-electron chi connectivity index (χ4n) is 2.71. The lowest BCUT2D eigenvalue weighted by molar-refractivity contribution is 0.210. The SMILES string of the molecule is COCCNc1nc(C)cc(N(Cc2ccccc2)c2ccccc2)n1. The molecule has 134 valence electrons. The molecule has 0 aliphatic rings. The van der Waals surface area contributed by atoms with Gasteiger partial charge in [-0.3, -0.25) is 0 Å². The highest BCUT2D eigenvalue weighted by atomic mass is 16.5. The number of hydrogen-bond acceptors (Lipinski definition) is 5. The predicted molar refractivity (Wildman–Crippen MR) is 106 cm³/mol. The van der Waals surface area contributed by atoms with Crippen molar-refractivity contribution in [2.45, 2.75) is 13.5 Å². The second kappa shape index (κ2) is 8.97. The summed E-state index contributed by atoms with van der Waals surface area (Å²) in [5.74, 6) is 1.48. The van der Waals surface area contributed by atoms with Crippen LogP contribution in [0.5, 0.6) is 0 Å². The number of aryl methyl sites for hydroxylation is 1. The molecule has 0 unspecified atom stereocenters. The zero-order valence-corrected chi connectivity index (χ0v) is 15.2. The van der Waals surface area contributed by atoms with Crippen molar-refractivity contribution in [3.63, 3.8) is 0 Å². The van der Waals surface area contributed by atoms with Crippen LogP contribution in [0.2, 0.25) is 0 Å². The van der Waals surface area contributed by atoms with E-state index >= 15 is 0 Å². The minimum atomic E-state index is 0.610. The standard InChI is InChI=1S/C21H24N4O/c1-17-15-20(24-21(23-17)22-13-14-26-2)25(19-11-7-4-8-12-19)16-18-9-5-3-6-10-18/h3-12,15H,13-14,16H2,1-2H3,(H,22,23,24). The predicted octanol–water partition coefficient (Wildman–Crippen LogP) is 4.18. The fraction of sp³-hybridized carbons (Fsp3) is 0.238. The summed E-state index contributed by atoms with van der Waals surface area (Å²) in [6.07, 6.45) is 0. The van der Waals surface area contributed by atoms with E-state index in [1.54, 1.807) is 7.11 Å². The van der Waals surface area contributed by atoms with Gasteiger partial charge in [0.05, 0.1) is 6.61 Å². The fourth-order valence-corrected chi connectivity index (χ4v) is 2.71. The second-order valence-corrected chi connectivity index (χ2v) is 6.02. The van der Waals surface area contributed by atoms with Crippen molar-refractivity contribution in [3.8, 4) is 0 Å². The number of anilines is 3. The van der Waals surface area contributed by atoms with Crippen LogP contribution in [0, 0.1) is 6.92 Å². The molecule has 1 heterocycles. The minimum absolute atomic E-state index is 0.610. The summed E-state index contributed by atoms with van der Waals surface area (Å²) < 4.78 is 5.09. The average molecular weight is 348 g/mol. The number of hydrogen-bond donors (Lipinski definition) is 1. The molecule has 0 amide bonds. The van der Waals surface area contributed by atoms with Crippen molar-refractivity contribution >= 4 is 17.5 Å².